The van der Waals surface area contributed by atoms with Gasteiger partial charge in [-0.3, -0.25) is 9.69 Å². The quantitative estimate of drug-likeness (QED) is 0.758. The van der Waals surface area contributed by atoms with Crippen LogP contribution in [-0.4, -0.2) is 23.9 Å². The summed E-state index contributed by atoms with van der Waals surface area (Å²) >= 11 is 3.23. The van der Waals surface area contributed by atoms with Crippen molar-refractivity contribution in [1.29, 1.82) is 0 Å². The Labute approximate surface area is 151 Å². The van der Waals surface area contributed by atoms with Gasteiger partial charge in [0.25, 0.3) is 5.91 Å². The number of carbonyl (C=O) groups excluding carboxylic acids is 1. The molecule has 0 aliphatic carbocycles. The topological polar surface area (TPSA) is 32.3 Å². The predicted octanol–water partition coefficient (Wildman–Crippen LogP) is 4.36. The van der Waals surface area contributed by atoms with E-state index in [0.29, 0.717) is 16.6 Å². The van der Waals surface area contributed by atoms with E-state index in [4.69, 9.17) is 0 Å². The lowest BCUT2D eigenvalue weighted by molar-refractivity contribution is 0.0950. The number of halogens is 2. The summed E-state index contributed by atoms with van der Waals surface area (Å²) in [7, 11) is 0. The highest BCUT2D eigenvalue weighted by Gasteiger charge is 2.12. The first-order valence-electron chi connectivity index (χ1n) is 8.07. The van der Waals surface area contributed by atoms with E-state index >= 15 is 0 Å². The molecule has 1 amide bonds. The molecule has 2 aromatic carbocycles. The average Bonchev–Trinajstić information content (AvgIpc) is 2.58. The summed E-state index contributed by atoms with van der Waals surface area (Å²) in [6.45, 7) is 7.55. The summed E-state index contributed by atoms with van der Waals surface area (Å²) in [5.74, 6) is -0.595. The average molecular weight is 393 g/mol. The van der Waals surface area contributed by atoms with Crippen molar-refractivity contribution in [2.45, 2.75) is 26.9 Å². The zero-order valence-electron chi connectivity index (χ0n) is 14.0. The third-order valence-electron chi connectivity index (χ3n) is 4.02. The fourth-order valence-electron chi connectivity index (χ4n) is 2.52. The number of hydrogen-bond acceptors (Lipinski definition) is 2. The molecule has 1 N–H and O–H groups in total. The van der Waals surface area contributed by atoms with Gasteiger partial charge < -0.3 is 5.32 Å². The lowest BCUT2D eigenvalue weighted by atomic mass is 10.1. The minimum Gasteiger partial charge on any atom is -0.348 e. The molecule has 0 bridgehead atoms. The van der Waals surface area contributed by atoms with E-state index in [1.807, 2.05) is 18.2 Å². The fourth-order valence-corrected chi connectivity index (χ4v) is 3.05. The highest BCUT2D eigenvalue weighted by molar-refractivity contribution is 9.10. The van der Waals surface area contributed by atoms with E-state index in [1.165, 1.54) is 23.8 Å². The molecule has 128 valence electrons. The Balaban J connectivity index is 2.07. The minimum atomic E-state index is -0.372. The van der Waals surface area contributed by atoms with Crippen molar-refractivity contribution in [3.8, 4) is 0 Å². The van der Waals surface area contributed by atoms with Crippen molar-refractivity contribution in [2.24, 2.45) is 0 Å². The molecule has 0 heterocycles. The van der Waals surface area contributed by atoms with Crippen molar-refractivity contribution in [3.05, 3.63) is 69.4 Å². The van der Waals surface area contributed by atoms with E-state index in [1.54, 1.807) is 0 Å². The molecule has 0 aliphatic rings. The molecule has 3 nitrogen and oxygen atoms in total. The van der Waals surface area contributed by atoms with Crippen molar-refractivity contribution in [1.82, 2.24) is 10.2 Å². The van der Waals surface area contributed by atoms with Crippen LogP contribution >= 0.6 is 15.9 Å². The van der Waals surface area contributed by atoms with Crippen LogP contribution < -0.4 is 5.32 Å². The zero-order chi connectivity index (χ0) is 17.5. The van der Waals surface area contributed by atoms with E-state index in [0.717, 1.165) is 25.2 Å². The van der Waals surface area contributed by atoms with E-state index in [2.05, 4.69) is 46.1 Å². The van der Waals surface area contributed by atoms with Crippen LogP contribution in [0.15, 0.2) is 46.9 Å². The third-order valence-corrected chi connectivity index (χ3v) is 4.68. The maximum absolute atomic E-state index is 13.1. The van der Waals surface area contributed by atoms with Crippen LogP contribution in [0.4, 0.5) is 4.39 Å². The summed E-state index contributed by atoms with van der Waals surface area (Å²) in [6, 6.07) is 12.2. The molecular formula is C19H22BrFN2O. The Morgan fingerprint density at radius 2 is 1.79 bits per heavy atom. The van der Waals surface area contributed by atoms with E-state index < -0.39 is 0 Å². The van der Waals surface area contributed by atoms with Crippen LogP contribution in [0.2, 0.25) is 0 Å². The van der Waals surface area contributed by atoms with Crippen LogP contribution in [-0.2, 0) is 13.1 Å². The molecule has 24 heavy (non-hydrogen) atoms. The molecule has 2 rings (SSSR count). The molecule has 0 saturated heterocycles. The molecule has 0 radical (unpaired) electrons. The first-order chi connectivity index (χ1) is 11.5. The first-order valence-corrected chi connectivity index (χ1v) is 8.86. The van der Waals surface area contributed by atoms with Crippen molar-refractivity contribution in [2.75, 3.05) is 13.1 Å². The molecule has 0 aliphatic heterocycles. The fraction of sp³-hybridized carbons (Fsp3) is 0.316. The number of hydrogen-bond donors (Lipinski definition) is 1. The van der Waals surface area contributed by atoms with Gasteiger partial charge in [-0.1, -0.05) is 38.1 Å². The van der Waals surface area contributed by atoms with Gasteiger partial charge in [-0.25, -0.2) is 4.39 Å². The maximum atomic E-state index is 13.1. The lowest BCUT2D eigenvalue weighted by Gasteiger charge is -2.20. The Kier molecular flexibility index (Phi) is 6.94. The summed E-state index contributed by atoms with van der Waals surface area (Å²) in [5, 5.41) is 2.92. The number of nitrogens with zero attached hydrogens (tertiary/aromatic N) is 1. The van der Waals surface area contributed by atoms with E-state index in [-0.39, 0.29) is 11.7 Å². The first kappa shape index (κ1) is 18.6. The standard InChI is InChI=1S/C19H22BrFN2O/c1-3-23(4-2)13-15-8-6-5-7-14(15)12-22-19(24)17-10-9-16(21)11-18(17)20/h5-11H,3-4,12-13H2,1-2H3,(H,22,24). The molecule has 0 atom stereocenters. The predicted molar refractivity (Wildman–Crippen MR) is 98.3 cm³/mol. The Bertz CT molecular complexity index is 702. The van der Waals surface area contributed by atoms with Crippen LogP contribution in [0, 0.1) is 5.82 Å². The number of carbonyl (C=O) groups is 1. The highest BCUT2D eigenvalue weighted by Crippen LogP contribution is 2.18. The molecule has 2 aromatic rings. The van der Waals surface area contributed by atoms with E-state index in [9.17, 15) is 9.18 Å². The van der Waals surface area contributed by atoms with Crippen molar-refractivity contribution >= 4 is 21.8 Å². The van der Waals surface area contributed by atoms with Crippen LogP contribution in [0.1, 0.15) is 35.3 Å². The number of benzene rings is 2. The second-order valence-corrected chi connectivity index (χ2v) is 6.39. The maximum Gasteiger partial charge on any atom is 0.252 e. The van der Waals surface area contributed by atoms with Gasteiger partial charge in [0.15, 0.2) is 0 Å². The molecule has 5 heteroatoms. The van der Waals surface area contributed by atoms with Gasteiger partial charge >= 0.3 is 0 Å². The number of amides is 1. The molecule has 0 aromatic heterocycles. The molecule has 0 spiro atoms. The summed E-state index contributed by atoms with van der Waals surface area (Å²) in [4.78, 5) is 14.7. The van der Waals surface area contributed by atoms with Crippen LogP contribution in [0.25, 0.3) is 0 Å². The second kappa shape index (κ2) is 8.94. The second-order valence-electron chi connectivity index (χ2n) is 5.54. The Morgan fingerprint density at radius 1 is 1.12 bits per heavy atom. The zero-order valence-corrected chi connectivity index (χ0v) is 15.6. The van der Waals surface area contributed by atoms with Gasteiger partial charge in [0, 0.05) is 17.6 Å². The summed E-state index contributed by atoms with van der Waals surface area (Å²) in [6.07, 6.45) is 0. The molecular weight excluding hydrogens is 371 g/mol. The van der Waals surface area contributed by atoms with Crippen LogP contribution in [0.5, 0.6) is 0 Å². The smallest absolute Gasteiger partial charge is 0.252 e. The normalized spacial score (nSPS) is 10.9. The largest absolute Gasteiger partial charge is 0.348 e. The minimum absolute atomic E-state index is 0.223. The molecule has 0 saturated carbocycles. The number of rotatable bonds is 7. The van der Waals surface area contributed by atoms with Crippen molar-refractivity contribution < 1.29 is 9.18 Å². The summed E-state index contributed by atoms with van der Waals surface area (Å²) < 4.78 is 13.6. The van der Waals surface area contributed by atoms with Gasteiger partial charge in [0.2, 0.25) is 0 Å². The Hall–Kier alpha value is -1.72. The molecule has 0 fully saturated rings. The van der Waals surface area contributed by atoms with Gasteiger partial charge in [0.05, 0.1) is 5.56 Å². The monoisotopic (exact) mass is 392 g/mol. The lowest BCUT2D eigenvalue weighted by Crippen LogP contribution is -2.26. The number of nitrogens with one attached hydrogen (secondary N) is 1. The van der Waals surface area contributed by atoms with Crippen LogP contribution in [0.3, 0.4) is 0 Å². The van der Waals surface area contributed by atoms with Gasteiger partial charge in [-0.15, -0.1) is 0 Å². The SMILES string of the molecule is CCN(CC)Cc1ccccc1CNC(=O)c1ccc(F)cc1Br. The van der Waals surface area contributed by atoms with Crippen molar-refractivity contribution in [3.63, 3.8) is 0 Å². The Morgan fingerprint density at radius 3 is 2.42 bits per heavy atom. The van der Waals surface area contributed by atoms with Gasteiger partial charge in [-0.05, 0) is 58.3 Å². The van der Waals surface area contributed by atoms with Gasteiger partial charge in [-0.2, -0.15) is 0 Å². The highest BCUT2D eigenvalue weighted by atomic mass is 79.9. The van der Waals surface area contributed by atoms with Gasteiger partial charge in [0.1, 0.15) is 5.82 Å². The summed E-state index contributed by atoms with van der Waals surface area (Å²) in [5.41, 5.74) is 2.73. The third kappa shape index (κ3) is 4.89. The molecule has 0 unspecified atom stereocenters.